The van der Waals surface area contributed by atoms with Gasteiger partial charge in [0, 0.05) is 36.9 Å². The number of hydrogen-bond donors (Lipinski definition) is 5. The molecule has 0 unspecified atom stereocenters. The number of aromatic carboxylic acids is 1. The lowest BCUT2D eigenvalue weighted by Crippen LogP contribution is -2.42. The molecule has 1 saturated heterocycles. The Bertz CT molecular complexity index is 1670. The first-order valence-corrected chi connectivity index (χ1v) is 18.1. The van der Waals surface area contributed by atoms with Crippen molar-refractivity contribution in [3.8, 4) is 16.2 Å². The van der Waals surface area contributed by atoms with Crippen LogP contribution in [0.2, 0.25) is 5.02 Å². The fourth-order valence-corrected chi connectivity index (χ4v) is 8.25. The summed E-state index contributed by atoms with van der Waals surface area (Å²) in [5.74, 6) is -3.00. The Morgan fingerprint density at radius 3 is 2.40 bits per heavy atom. The van der Waals surface area contributed by atoms with Crippen molar-refractivity contribution >= 4 is 62.2 Å². The van der Waals surface area contributed by atoms with E-state index in [1.54, 1.807) is 42.5 Å². The van der Waals surface area contributed by atoms with Crippen molar-refractivity contribution < 1.29 is 37.8 Å². The Morgan fingerprint density at radius 1 is 1.00 bits per heavy atom. The third-order valence-corrected chi connectivity index (χ3v) is 11.1. The molecular formula is C32H39ClN4O8S2. The quantitative estimate of drug-likeness (QED) is 0.112. The number of amides is 1. The minimum Gasteiger partial charge on any atom is -0.479 e. The first-order chi connectivity index (χ1) is 22.5. The van der Waals surface area contributed by atoms with E-state index in [4.69, 9.17) is 27.2 Å². The van der Waals surface area contributed by atoms with Crippen LogP contribution in [-0.2, 0) is 25.4 Å². The van der Waals surface area contributed by atoms with Crippen molar-refractivity contribution in [3.05, 3.63) is 64.0 Å². The molecule has 0 spiro atoms. The zero-order valence-electron chi connectivity index (χ0n) is 25.7. The number of benzene rings is 2. The number of rotatable bonds is 17. The molecule has 2 heterocycles. The maximum absolute atomic E-state index is 13.3. The van der Waals surface area contributed by atoms with Gasteiger partial charge in [-0.2, -0.15) is 0 Å². The number of carboxylic acid groups (broad SMARTS) is 2. The molecule has 15 heteroatoms. The molecule has 0 saturated carbocycles. The van der Waals surface area contributed by atoms with E-state index in [2.05, 4.69) is 10.6 Å². The Kier molecular flexibility index (Phi) is 13.0. The van der Waals surface area contributed by atoms with Gasteiger partial charge in [0.2, 0.25) is 15.9 Å². The highest BCUT2D eigenvalue weighted by molar-refractivity contribution is 7.88. The molecule has 0 radical (unpaired) electrons. The molecule has 254 valence electrons. The molecular weight excluding hydrogens is 668 g/mol. The van der Waals surface area contributed by atoms with E-state index in [1.807, 2.05) is 6.07 Å². The van der Waals surface area contributed by atoms with Crippen molar-refractivity contribution in [2.75, 3.05) is 36.9 Å². The minimum absolute atomic E-state index is 0.00612. The van der Waals surface area contributed by atoms with E-state index in [1.165, 1.54) is 4.31 Å². The van der Waals surface area contributed by atoms with Crippen molar-refractivity contribution in [3.63, 3.8) is 0 Å². The SMILES string of the molecule is NCCCCCCC(=O)Nc1cccc(CS(=O)(=O)N2CCC(Nc3cccc(-c4sc(C(=O)O)c(OCC(=O)O)c4Cl)c3)CC2)c1. The number of nitrogens with two attached hydrogens (primary N) is 1. The number of carbonyl (C=O) groups is 3. The number of halogens is 1. The second-order valence-corrected chi connectivity index (χ2v) is 14.6. The Labute approximate surface area is 282 Å². The lowest BCUT2D eigenvalue weighted by molar-refractivity contribution is -0.139. The van der Waals surface area contributed by atoms with Crippen molar-refractivity contribution in [1.29, 1.82) is 0 Å². The molecule has 1 aliphatic rings. The van der Waals surface area contributed by atoms with Crippen LogP contribution < -0.4 is 21.1 Å². The zero-order valence-corrected chi connectivity index (χ0v) is 28.1. The number of carboxylic acids is 2. The predicted molar refractivity (Wildman–Crippen MR) is 183 cm³/mol. The summed E-state index contributed by atoms with van der Waals surface area (Å²) < 4.78 is 33.2. The van der Waals surface area contributed by atoms with Gasteiger partial charge in [-0.25, -0.2) is 22.3 Å². The van der Waals surface area contributed by atoms with E-state index >= 15 is 0 Å². The summed E-state index contributed by atoms with van der Waals surface area (Å²) in [7, 11) is -3.59. The molecule has 1 amide bonds. The van der Waals surface area contributed by atoms with Crippen LogP contribution in [0.25, 0.3) is 10.4 Å². The number of thiophene rings is 1. The van der Waals surface area contributed by atoms with Gasteiger partial charge in [0.25, 0.3) is 0 Å². The summed E-state index contributed by atoms with van der Waals surface area (Å²) in [5.41, 5.74) is 8.04. The lowest BCUT2D eigenvalue weighted by Gasteiger charge is -2.32. The number of unbranched alkanes of at least 4 members (excludes halogenated alkanes) is 3. The number of ether oxygens (including phenoxy) is 1. The third-order valence-electron chi connectivity index (χ3n) is 7.60. The normalized spacial score (nSPS) is 14.1. The average molecular weight is 707 g/mol. The summed E-state index contributed by atoms with van der Waals surface area (Å²) in [6.07, 6.45) is 5.20. The summed E-state index contributed by atoms with van der Waals surface area (Å²) in [5, 5.41) is 24.8. The summed E-state index contributed by atoms with van der Waals surface area (Å²) in [6, 6.07) is 14.1. The standard InChI is InChI=1S/C32H39ClN4O8S2/c33-28-29(45-19-27(39)40)31(32(41)42)46-30(28)22-8-6-10-25(18-22)35-23-12-15-37(16-13-23)47(43,44)20-21-7-5-9-24(17-21)36-26(38)11-3-1-2-4-14-34/h5-10,17-18,23,35H,1-4,11-16,19-20,34H2,(H,36,38)(H,39,40)(H,41,42). The molecule has 1 aliphatic heterocycles. The lowest BCUT2D eigenvalue weighted by atomic mass is 10.1. The molecule has 0 aliphatic carbocycles. The Balaban J connectivity index is 1.32. The van der Waals surface area contributed by atoms with Gasteiger partial charge in [0.15, 0.2) is 17.2 Å². The van der Waals surface area contributed by atoms with Crippen LogP contribution in [0, 0.1) is 0 Å². The van der Waals surface area contributed by atoms with Crippen LogP contribution >= 0.6 is 22.9 Å². The largest absolute Gasteiger partial charge is 0.479 e. The number of nitrogens with zero attached hydrogens (tertiary/aromatic N) is 1. The van der Waals surface area contributed by atoms with E-state index in [0.717, 1.165) is 42.7 Å². The van der Waals surface area contributed by atoms with Crippen molar-refractivity contribution in [2.24, 2.45) is 5.73 Å². The fraction of sp³-hybridized carbons (Fsp3) is 0.406. The Morgan fingerprint density at radius 2 is 1.70 bits per heavy atom. The zero-order chi connectivity index (χ0) is 34.0. The van der Waals surface area contributed by atoms with Crippen LogP contribution in [0.4, 0.5) is 11.4 Å². The Hall–Kier alpha value is -3.69. The van der Waals surface area contributed by atoms with Gasteiger partial charge in [-0.05, 0) is 67.6 Å². The molecule has 0 bridgehead atoms. The monoisotopic (exact) mass is 706 g/mol. The maximum Gasteiger partial charge on any atom is 0.349 e. The highest BCUT2D eigenvalue weighted by Crippen LogP contribution is 2.46. The second-order valence-electron chi connectivity index (χ2n) is 11.2. The van der Waals surface area contributed by atoms with Gasteiger partial charge in [0.05, 0.1) is 10.6 Å². The number of nitrogens with one attached hydrogen (secondary N) is 2. The van der Waals surface area contributed by atoms with Crippen LogP contribution in [-0.4, -0.2) is 73.1 Å². The summed E-state index contributed by atoms with van der Waals surface area (Å²) in [4.78, 5) is 35.3. The van der Waals surface area contributed by atoms with E-state index in [9.17, 15) is 27.9 Å². The third kappa shape index (κ3) is 10.4. The molecule has 0 atom stereocenters. The van der Waals surface area contributed by atoms with E-state index in [-0.39, 0.29) is 33.4 Å². The number of aliphatic carboxylic acids is 1. The topological polar surface area (TPSA) is 188 Å². The maximum atomic E-state index is 13.3. The van der Waals surface area contributed by atoms with E-state index in [0.29, 0.717) is 60.6 Å². The number of anilines is 2. The van der Waals surface area contributed by atoms with Gasteiger partial charge < -0.3 is 31.3 Å². The number of carbonyl (C=O) groups excluding carboxylic acids is 1. The van der Waals surface area contributed by atoms with Crippen LogP contribution in [0.1, 0.15) is 60.2 Å². The molecule has 6 N–H and O–H groups in total. The van der Waals surface area contributed by atoms with Gasteiger partial charge in [0.1, 0.15) is 5.02 Å². The van der Waals surface area contributed by atoms with Gasteiger partial charge in [-0.15, -0.1) is 11.3 Å². The summed E-state index contributed by atoms with van der Waals surface area (Å²) in [6.45, 7) is 0.592. The first kappa shape index (κ1) is 36.2. The first-order valence-electron chi connectivity index (χ1n) is 15.3. The fourth-order valence-electron chi connectivity index (χ4n) is 5.30. The van der Waals surface area contributed by atoms with Gasteiger partial charge in [-0.3, -0.25) is 4.79 Å². The second kappa shape index (κ2) is 16.9. The van der Waals surface area contributed by atoms with Crippen molar-refractivity contribution in [2.45, 2.75) is 56.7 Å². The molecule has 1 aromatic heterocycles. The van der Waals surface area contributed by atoms with Crippen LogP contribution in [0.15, 0.2) is 48.5 Å². The smallest absolute Gasteiger partial charge is 0.349 e. The van der Waals surface area contributed by atoms with E-state index < -0.39 is 28.6 Å². The number of piperidine rings is 1. The van der Waals surface area contributed by atoms with Crippen LogP contribution in [0.5, 0.6) is 5.75 Å². The van der Waals surface area contributed by atoms with Crippen LogP contribution in [0.3, 0.4) is 0 Å². The van der Waals surface area contributed by atoms with Gasteiger partial charge >= 0.3 is 11.9 Å². The highest BCUT2D eigenvalue weighted by atomic mass is 35.5. The highest BCUT2D eigenvalue weighted by Gasteiger charge is 2.29. The van der Waals surface area contributed by atoms with Gasteiger partial charge in [-0.1, -0.05) is 48.7 Å². The number of hydrogen-bond acceptors (Lipinski definition) is 9. The molecule has 2 aromatic carbocycles. The number of sulfonamides is 1. The predicted octanol–water partition coefficient (Wildman–Crippen LogP) is 5.48. The van der Waals surface area contributed by atoms with Crippen molar-refractivity contribution in [1.82, 2.24) is 4.31 Å². The molecule has 47 heavy (non-hydrogen) atoms. The molecule has 12 nitrogen and oxygen atoms in total. The molecule has 3 aromatic rings. The molecule has 4 rings (SSSR count). The molecule has 1 fully saturated rings. The minimum atomic E-state index is -3.59. The summed E-state index contributed by atoms with van der Waals surface area (Å²) >= 11 is 7.33. The average Bonchev–Trinajstić information content (AvgIpc) is 3.36.